The summed E-state index contributed by atoms with van der Waals surface area (Å²) in [6.45, 7) is 1.23. The Kier molecular flexibility index (Phi) is 6.35. The number of hydrogen-bond acceptors (Lipinski definition) is 5. The fourth-order valence-corrected chi connectivity index (χ4v) is 1.91. The standard InChI is InChI=1S/C17H19N5O3/c1-12(23)18-15(16(24)21-19-13-8-4-2-5-9-13)17(25)22-20-14-10-6-3-7-11-14/h2-11,15,19-20H,1H3,(H,18,23)(H,21,24)(H,22,25). The number of para-hydroxylation sites is 2. The van der Waals surface area contributed by atoms with Gasteiger partial charge in [0.1, 0.15) is 0 Å². The monoisotopic (exact) mass is 341 g/mol. The van der Waals surface area contributed by atoms with E-state index in [2.05, 4.69) is 27.0 Å². The van der Waals surface area contributed by atoms with Gasteiger partial charge in [0.25, 0.3) is 11.8 Å². The van der Waals surface area contributed by atoms with Gasteiger partial charge in [-0.3, -0.25) is 36.1 Å². The molecule has 0 fully saturated rings. The Morgan fingerprint density at radius 3 is 1.48 bits per heavy atom. The summed E-state index contributed by atoms with van der Waals surface area (Å²) in [4.78, 5) is 35.8. The molecular formula is C17H19N5O3. The van der Waals surface area contributed by atoms with Crippen LogP contribution in [0.1, 0.15) is 6.92 Å². The van der Waals surface area contributed by atoms with Gasteiger partial charge in [0.2, 0.25) is 5.91 Å². The Morgan fingerprint density at radius 1 is 0.720 bits per heavy atom. The third-order valence-corrected chi connectivity index (χ3v) is 3.08. The van der Waals surface area contributed by atoms with E-state index < -0.39 is 23.8 Å². The van der Waals surface area contributed by atoms with Crippen LogP contribution in [0.15, 0.2) is 60.7 Å². The number of carbonyl (C=O) groups is 3. The van der Waals surface area contributed by atoms with E-state index in [-0.39, 0.29) is 0 Å². The molecule has 0 radical (unpaired) electrons. The molecule has 130 valence electrons. The topological polar surface area (TPSA) is 111 Å². The first kappa shape index (κ1) is 17.8. The van der Waals surface area contributed by atoms with Crippen molar-refractivity contribution in [1.29, 1.82) is 0 Å². The molecule has 0 saturated carbocycles. The molecule has 2 rings (SSSR count). The summed E-state index contributed by atoms with van der Waals surface area (Å²) in [6, 6.07) is 16.4. The van der Waals surface area contributed by atoms with Gasteiger partial charge in [-0.05, 0) is 24.3 Å². The lowest BCUT2D eigenvalue weighted by molar-refractivity contribution is -0.135. The van der Waals surface area contributed by atoms with Crippen LogP contribution in [0.3, 0.4) is 0 Å². The maximum atomic E-state index is 12.2. The van der Waals surface area contributed by atoms with Crippen LogP contribution < -0.4 is 27.0 Å². The number of hydrogen-bond donors (Lipinski definition) is 5. The molecule has 0 aromatic heterocycles. The van der Waals surface area contributed by atoms with E-state index in [9.17, 15) is 14.4 Å². The molecule has 8 heteroatoms. The number of rotatable bonds is 7. The average molecular weight is 341 g/mol. The Labute approximate surface area is 144 Å². The van der Waals surface area contributed by atoms with Crippen LogP contribution in [0.25, 0.3) is 0 Å². The smallest absolute Gasteiger partial charge is 0.270 e. The molecule has 0 spiro atoms. The van der Waals surface area contributed by atoms with Gasteiger partial charge in [0.05, 0.1) is 11.4 Å². The Hall–Kier alpha value is -3.55. The van der Waals surface area contributed by atoms with Crippen molar-refractivity contribution in [3.05, 3.63) is 60.7 Å². The lowest BCUT2D eigenvalue weighted by Crippen LogP contribution is -2.56. The summed E-state index contributed by atoms with van der Waals surface area (Å²) in [5.41, 5.74) is 11.4. The van der Waals surface area contributed by atoms with Crippen LogP contribution in [0, 0.1) is 0 Å². The van der Waals surface area contributed by atoms with Crippen LogP contribution in [-0.2, 0) is 14.4 Å². The third-order valence-electron chi connectivity index (χ3n) is 3.08. The first-order chi connectivity index (χ1) is 12.1. The largest absolute Gasteiger partial charge is 0.337 e. The number of benzene rings is 2. The molecule has 0 heterocycles. The zero-order valence-electron chi connectivity index (χ0n) is 13.6. The molecule has 2 aromatic carbocycles. The molecule has 0 saturated heterocycles. The number of amides is 3. The Morgan fingerprint density at radius 2 is 1.12 bits per heavy atom. The second-order valence-corrected chi connectivity index (χ2v) is 5.09. The summed E-state index contributed by atoms with van der Waals surface area (Å²) in [5, 5.41) is 2.31. The number of anilines is 2. The molecular weight excluding hydrogens is 322 g/mol. The second kappa shape index (κ2) is 8.92. The minimum absolute atomic E-state index is 0.505. The molecule has 0 aliphatic carbocycles. The van der Waals surface area contributed by atoms with Crippen molar-refractivity contribution in [2.75, 3.05) is 10.9 Å². The summed E-state index contributed by atoms with van der Waals surface area (Å²) in [6.07, 6.45) is 0. The van der Waals surface area contributed by atoms with Crippen molar-refractivity contribution >= 4 is 29.1 Å². The van der Waals surface area contributed by atoms with Gasteiger partial charge in [-0.25, -0.2) is 0 Å². The van der Waals surface area contributed by atoms with E-state index in [0.29, 0.717) is 11.4 Å². The number of hydrazine groups is 2. The van der Waals surface area contributed by atoms with Gasteiger partial charge in [-0.2, -0.15) is 0 Å². The van der Waals surface area contributed by atoms with E-state index >= 15 is 0 Å². The van der Waals surface area contributed by atoms with Gasteiger partial charge in [0, 0.05) is 6.92 Å². The number of nitrogens with one attached hydrogen (secondary N) is 5. The Balaban J connectivity index is 1.95. The van der Waals surface area contributed by atoms with E-state index in [1.807, 2.05) is 12.1 Å². The third kappa shape index (κ3) is 5.87. The van der Waals surface area contributed by atoms with Gasteiger partial charge < -0.3 is 5.32 Å². The number of carbonyl (C=O) groups excluding carboxylic acids is 3. The van der Waals surface area contributed by atoms with Crippen molar-refractivity contribution in [3.8, 4) is 0 Å². The Bertz CT molecular complexity index is 666. The van der Waals surface area contributed by atoms with E-state index in [1.54, 1.807) is 48.5 Å². The molecule has 0 aliphatic heterocycles. The highest BCUT2D eigenvalue weighted by Gasteiger charge is 2.27. The van der Waals surface area contributed by atoms with Gasteiger partial charge in [-0.15, -0.1) is 0 Å². The maximum Gasteiger partial charge on any atom is 0.270 e. The summed E-state index contributed by atoms with van der Waals surface area (Å²) in [7, 11) is 0. The predicted octanol–water partition coefficient (Wildman–Crippen LogP) is 0.778. The van der Waals surface area contributed by atoms with Crippen LogP contribution in [-0.4, -0.2) is 23.8 Å². The minimum Gasteiger partial charge on any atom is -0.337 e. The van der Waals surface area contributed by atoms with Crippen LogP contribution in [0.4, 0.5) is 11.4 Å². The second-order valence-electron chi connectivity index (χ2n) is 5.09. The van der Waals surface area contributed by atoms with Crippen molar-refractivity contribution in [2.45, 2.75) is 13.0 Å². The summed E-state index contributed by atoms with van der Waals surface area (Å²) >= 11 is 0. The average Bonchev–Trinajstić information content (AvgIpc) is 2.64. The van der Waals surface area contributed by atoms with Gasteiger partial charge in [0.15, 0.2) is 6.04 Å². The van der Waals surface area contributed by atoms with Crippen LogP contribution >= 0.6 is 0 Å². The van der Waals surface area contributed by atoms with Crippen LogP contribution in [0.5, 0.6) is 0 Å². The molecule has 2 aromatic rings. The minimum atomic E-state index is -1.40. The quantitative estimate of drug-likeness (QED) is 0.377. The lowest BCUT2D eigenvalue weighted by atomic mass is 10.2. The molecule has 3 amide bonds. The van der Waals surface area contributed by atoms with Crippen molar-refractivity contribution < 1.29 is 14.4 Å². The molecule has 0 bridgehead atoms. The molecule has 0 aliphatic rings. The summed E-state index contributed by atoms with van der Waals surface area (Å²) in [5.74, 6) is -1.91. The highest BCUT2D eigenvalue weighted by atomic mass is 16.2. The van der Waals surface area contributed by atoms with Crippen molar-refractivity contribution in [1.82, 2.24) is 16.2 Å². The molecule has 8 nitrogen and oxygen atoms in total. The van der Waals surface area contributed by atoms with Crippen LogP contribution in [0.2, 0.25) is 0 Å². The molecule has 0 atom stereocenters. The highest BCUT2D eigenvalue weighted by molar-refractivity contribution is 6.07. The van der Waals surface area contributed by atoms with Crippen molar-refractivity contribution in [2.24, 2.45) is 0 Å². The molecule has 0 unspecified atom stereocenters. The van der Waals surface area contributed by atoms with E-state index in [0.717, 1.165) is 0 Å². The first-order valence-electron chi connectivity index (χ1n) is 7.55. The van der Waals surface area contributed by atoms with Gasteiger partial charge >= 0.3 is 0 Å². The zero-order chi connectivity index (χ0) is 18.1. The zero-order valence-corrected chi connectivity index (χ0v) is 13.6. The SMILES string of the molecule is CC(=O)NC(C(=O)NNc1ccccc1)C(=O)NNc1ccccc1. The highest BCUT2D eigenvalue weighted by Crippen LogP contribution is 2.04. The predicted molar refractivity (Wildman–Crippen MR) is 94.0 cm³/mol. The fraction of sp³-hybridized carbons (Fsp3) is 0.118. The maximum absolute atomic E-state index is 12.2. The molecule has 5 N–H and O–H groups in total. The van der Waals surface area contributed by atoms with E-state index in [4.69, 9.17) is 0 Å². The first-order valence-corrected chi connectivity index (χ1v) is 7.55. The molecule has 25 heavy (non-hydrogen) atoms. The normalized spacial score (nSPS) is 9.84. The lowest BCUT2D eigenvalue weighted by Gasteiger charge is -2.18. The fourth-order valence-electron chi connectivity index (χ4n) is 1.91. The van der Waals surface area contributed by atoms with Gasteiger partial charge in [-0.1, -0.05) is 36.4 Å². The summed E-state index contributed by atoms with van der Waals surface area (Å²) < 4.78 is 0. The van der Waals surface area contributed by atoms with Crippen molar-refractivity contribution in [3.63, 3.8) is 0 Å². The van der Waals surface area contributed by atoms with E-state index in [1.165, 1.54) is 6.92 Å².